The Morgan fingerprint density at radius 3 is 2.44 bits per heavy atom. The van der Waals surface area contributed by atoms with Crippen molar-refractivity contribution in [3.63, 3.8) is 0 Å². The van der Waals surface area contributed by atoms with Gasteiger partial charge in [0.05, 0.1) is 13.2 Å². The van der Waals surface area contributed by atoms with E-state index in [1.165, 1.54) is 7.11 Å². The predicted molar refractivity (Wildman–Crippen MR) is 106 cm³/mol. The third-order valence-corrected chi connectivity index (χ3v) is 5.74. The van der Waals surface area contributed by atoms with E-state index < -0.39 is 6.10 Å². The lowest BCUT2D eigenvalue weighted by Gasteiger charge is -2.22. The van der Waals surface area contributed by atoms with Gasteiger partial charge >= 0.3 is 5.97 Å². The van der Waals surface area contributed by atoms with Gasteiger partial charge in [0.25, 0.3) is 0 Å². The topological polar surface area (TPSA) is 83.8 Å². The number of ether oxygens (including phenoxy) is 1. The molecular weight excluding hydrogens is 344 g/mol. The summed E-state index contributed by atoms with van der Waals surface area (Å²) in [4.78, 5) is 23.1. The number of ketones is 1. The number of hydrogen-bond donors (Lipinski definition) is 2. The largest absolute Gasteiger partial charge is 0.469 e. The molecule has 1 aliphatic rings. The van der Waals surface area contributed by atoms with Crippen molar-refractivity contribution in [2.75, 3.05) is 13.7 Å². The second-order valence-electron chi connectivity index (χ2n) is 7.80. The van der Waals surface area contributed by atoms with E-state index in [4.69, 9.17) is 0 Å². The average Bonchev–Trinajstić information content (AvgIpc) is 2.97. The summed E-state index contributed by atoms with van der Waals surface area (Å²) in [5, 5.41) is 20.1. The van der Waals surface area contributed by atoms with Crippen LogP contribution in [-0.2, 0) is 14.3 Å². The van der Waals surface area contributed by atoms with Crippen molar-refractivity contribution >= 4 is 11.8 Å². The number of rotatable bonds is 14. The molecule has 2 N–H and O–H groups in total. The second-order valence-corrected chi connectivity index (χ2v) is 7.80. The number of aliphatic hydroxyl groups excluding tert-OH is 2. The molecule has 0 unspecified atom stereocenters. The van der Waals surface area contributed by atoms with E-state index in [1.807, 2.05) is 6.08 Å². The van der Waals surface area contributed by atoms with Crippen LogP contribution in [0.2, 0.25) is 0 Å². The van der Waals surface area contributed by atoms with E-state index in [0.29, 0.717) is 19.3 Å². The first-order valence-electron chi connectivity index (χ1n) is 10.6. The van der Waals surface area contributed by atoms with Crippen LogP contribution < -0.4 is 0 Å². The Morgan fingerprint density at radius 1 is 1.07 bits per heavy atom. The predicted octanol–water partition coefficient (Wildman–Crippen LogP) is 3.81. The highest BCUT2D eigenvalue weighted by atomic mass is 16.5. The van der Waals surface area contributed by atoms with Gasteiger partial charge in [-0.25, -0.2) is 0 Å². The number of esters is 1. The molecule has 0 radical (unpaired) electrons. The van der Waals surface area contributed by atoms with Gasteiger partial charge in [0, 0.05) is 19.4 Å². The quantitative estimate of drug-likeness (QED) is 0.271. The fourth-order valence-electron chi connectivity index (χ4n) is 4.09. The van der Waals surface area contributed by atoms with Gasteiger partial charge in [-0.1, -0.05) is 45.1 Å². The van der Waals surface area contributed by atoms with Crippen LogP contribution in [0.5, 0.6) is 0 Å². The molecule has 5 heteroatoms. The van der Waals surface area contributed by atoms with E-state index in [1.54, 1.807) is 6.08 Å². The molecule has 27 heavy (non-hydrogen) atoms. The molecule has 0 aromatic carbocycles. The van der Waals surface area contributed by atoms with Crippen molar-refractivity contribution in [3.05, 3.63) is 12.2 Å². The van der Waals surface area contributed by atoms with Crippen LogP contribution in [0.15, 0.2) is 12.2 Å². The number of carbonyl (C=O) groups excluding carboxylic acids is 2. The Balaban J connectivity index is 2.44. The van der Waals surface area contributed by atoms with Gasteiger partial charge in [-0.15, -0.1) is 0 Å². The van der Waals surface area contributed by atoms with Crippen LogP contribution in [0.25, 0.3) is 0 Å². The van der Waals surface area contributed by atoms with Crippen molar-refractivity contribution in [3.8, 4) is 0 Å². The normalized spacial score (nSPS) is 25.2. The fourth-order valence-corrected chi connectivity index (χ4v) is 4.09. The Morgan fingerprint density at radius 2 is 1.78 bits per heavy atom. The van der Waals surface area contributed by atoms with Gasteiger partial charge < -0.3 is 14.9 Å². The van der Waals surface area contributed by atoms with Crippen LogP contribution in [-0.4, -0.2) is 41.8 Å². The maximum Gasteiger partial charge on any atom is 0.305 e. The van der Waals surface area contributed by atoms with E-state index in [0.717, 1.165) is 51.4 Å². The summed E-state index contributed by atoms with van der Waals surface area (Å²) in [7, 11) is 1.41. The van der Waals surface area contributed by atoms with E-state index in [9.17, 15) is 19.8 Å². The molecule has 156 valence electrons. The lowest BCUT2D eigenvalue weighted by atomic mass is 9.85. The molecule has 0 aromatic heterocycles. The highest BCUT2D eigenvalue weighted by Crippen LogP contribution is 2.41. The summed E-state index contributed by atoms with van der Waals surface area (Å²) in [6.45, 7) is 2.16. The highest BCUT2D eigenvalue weighted by molar-refractivity contribution is 5.89. The van der Waals surface area contributed by atoms with Crippen LogP contribution in [0.4, 0.5) is 0 Å². The Kier molecular flexibility index (Phi) is 12.3. The molecule has 0 saturated heterocycles. The minimum atomic E-state index is -0.415. The molecule has 4 atom stereocenters. The van der Waals surface area contributed by atoms with Gasteiger partial charge in [0.15, 0.2) is 5.78 Å². The minimum absolute atomic E-state index is 0.0315. The lowest BCUT2D eigenvalue weighted by Crippen LogP contribution is -2.20. The van der Waals surface area contributed by atoms with Gasteiger partial charge in [-0.2, -0.15) is 0 Å². The standard InChI is InChI=1S/C22H38O5/c1-3-4-7-10-18(24)13-14-19-17(16-23)15-21(25)20(19)11-8-5-6-9-12-22(26)27-2/h13-14,17,19-21,23,25H,3-12,15-16H2,1-2H3/t17-,19-,20+,21+/m0/s1. The first kappa shape index (κ1) is 23.8. The zero-order valence-electron chi connectivity index (χ0n) is 17.1. The molecule has 0 aliphatic heterocycles. The third kappa shape index (κ3) is 9.02. The van der Waals surface area contributed by atoms with Gasteiger partial charge in [-0.05, 0) is 49.5 Å². The summed E-state index contributed by atoms with van der Waals surface area (Å²) in [5.41, 5.74) is 0. The summed E-state index contributed by atoms with van der Waals surface area (Å²) < 4.78 is 4.64. The van der Waals surface area contributed by atoms with Crippen LogP contribution >= 0.6 is 0 Å². The molecule has 0 amide bonds. The summed E-state index contributed by atoms with van der Waals surface area (Å²) in [6, 6.07) is 0. The highest BCUT2D eigenvalue weighted by Gasteiger charge is 2.40. The first-order chi connectivity index (χ1) is 13.0. The zero-order valence-corrected chi connectivity index (χ0v) is 17.1. The van der Waals surface area contributed by atoms with Crippen LogP contribution in [0, 0.1) is 17.8 Å². The van der Waals surface area contributed by atoms with E-state index in [2.05, 4.69) is 11.7 Å². The van der Waals surface area contributed by atoms with Crippen molar-refractivity contribution < 1.29 is 24.5 Å². The Bertz CT molecular complexity index is 460. The van der Waals surface area contributed by atoms with Crippen molar-refractivity contribution in [2.45, 2.75) is 83.7 Å². The van der Waals surface area contributed by atoms with E-state index in [-0.39, 0.29) is 36.1 Å². The Hall–Kier alpha value is -1.20. The summed E-state index contributed by atoms with van der Waals surface area (Å²) >= 11 is 0. The maximum absolute atomic E-state index is 12.0. The lowest BCUT2D eigenvalue weighted by molar-refractivity contribution is -0.140. The number of aliphatic hydroxyl groups is 2. The summed E-state index contributed by atoms with van der Waals surface area (Å²) in [5.74, 6) is 0.172. The fraction of sp³-hybridized carbons (Fsp3) is 0.818. The number of carbonyl (C=O) groups is 2. The van der Waals surface area contributed by atoms with Gasteiger partial charge in [0.1, 0.15) is 0 Å². The van der Waals surface area contributed by atoms with E-state index >= 15 is 0 Å². The third-order valence-electron chi connectivity index (χ3n) is 5.74. The van der Waals surface area contributed by atoms with Gasteiger partial charge in [0.2, 0.25) is 0 Å². The number of hydrogen-bond acceptors (Lipinski definition) is 5. The number of unbranched alkanes of at least 4 members (excludes halogenated alkanes) is 5. The van der Waals surface area contributed by atoms with Crippen LogP contribution in [0.3, 0.4) is 0 Å². The number of allylic oxidation sites excluding steroid dienone is 2. The van der Waals surface area contributed by atoms with Gasteiger partial charge in [-0.3, -0.25) is 9.59 Å². The molecule has 1 saturated carbocycles. The second kappa shape index (κ2) is 13.9. The Labute approximate surface area is 164 Å². The zero-order chi connectivity index (χ0) is 20.1. The van der Waals surface area contributed by atoms with Crippen molar-refractivity contribution in [1.82, 2.24) is 0 Å². The molecule has 5 nitrogen and oxygen atoms in total. The smallest absolute Gasteiger partial charge is 0.305 e. The molecular formula is C22H38O5. The number of methoxy groups -OCH3 is 1. The molecule has 0 bridgehead atoms. The van der Waals surface area contributed by atoms with Crippen LogP contribution in [0.1, 0.15) is 77.6 Å². The molecule has 1 aliphatic carbocycles. The maximum atomic E-state index is 12.0. The minimum Gasteiger partial charge on any atom is -0.469 e. The average molecular weight is 383 g/mol. The molecule has 1 fully saturated rings. The molecule has 0 heterocycles. The van der Waals surface area contributed by atoms with Crippen molar-refractivity contribution in [1.29, 1.82) is 0 Å². The SMILES string of the molecule is CCCCCC(=O)C=C[C@H]1[C@H](CO)C[C@@H](O)[C@@H]1CCCCCCC(=O)OC. The molecule has 0 spiro atoms. The first-order valence-corrected chi connectivity index (χ1v) is 10.6. The molecule has 0 aromatic rings. The monoisotopic (exact) mass is 382 g/mol. The van der Waals surface area contributed by atoms with Crippen molar-refractivity contribution in [2.24, 2.45) is 17.8 Å². The summed E-state index contributed by atoms with van der Waals surface area (Å²) in [6.07, 6.45) is 12.6. The molecule has 1 rings (SSSR count).